The van der Waals surface area contributed by atoms with Crippen LogP contribution < -0.4 is 5.32 Å². The molecule has 1 heterocycles. The van der Waals surface area contributed by atoms with E-state index in [0.717, 1.165) is 0 Å². The molecule has 1 aromatic heterocycles. The minimum atomic E-state index is 0.271. The van der Waals surface area contributed by atoms with E-state index in [1.165, 1.54) is 5.56 Å². The summed E-state index contributed by atoms with van der Waals surface area (Å²) in [6.07, 6.45) is 3.89. The van der Waals surface area contributed by atoms with Crippen LogP contribution in [0.25, 0.3) is 0 Å². The maximum Gasteiger partial charge on any atom is 0.0854 e. The summed E-state index contributed by atoms with van der Waals surface area (Å²) in [7, 11) is 6.04. The van der Waals surface area contributed by atoms with Crippen LogP contribution in [-0.4, -0.2) is 31.0 Å². The van der Waals surface area contributed by atoms with Crippen LogP contribution >= 0.6 is 0 Å². The van der Waals surface area contributed by atoms with Crippen molar-refractivity contribution in [1.29, 1.82) is 0 Å². The third-order valence-electron chi connectivity index (χ3n) is 1.81. The van der Waals surface area contributed by atoms with Gasteiger partial charge in [0.05, 0.1) is 6.17 Å². The molecule has 0 aliphatic carbocycles. The third-order valence-corrected chi connectivity index (χ3v) is 1.81. The first-order valence-corrected chi connectivity index (χ1v) is 3.99. The molecule has 0 amide bonds. The predicted molar refractivity (Wildman–Crippen MR) is 49.7 cm³/mol. The lowest BCUT2D eigenvalue weighted by molar-refractivity contribution is 0.264. The largest absolute Gasteiger partial charge is 0.301 e. The molecule has 1 atom stereocenters. The van der Waals surface area contributed by atoms with E-state index in [1.54, 1.807) is 0 Å². The van der Waals surface area contributed by atoms with Crippen LogP contribution in [0.2, 0.25) is 0 Å². The van der Waals surface area contributed by atoms with Gasteiger partial charge in [0.2, 0.25) is 0 Å². The number of hydrogen-bond donors (Lipinski definition) is 1. The standard InChI is InChI=1S/C9H15N3/c1-10-9(12(2)3)8-4-6-11-7-5-8/h4-7,9-10H,1-3H3. The monoisotopic (exact) mass is 165 g/mol. The number of rotatable bonds is 3. The van der Waals surface area contributed by atoms with Crippen molar-refractivity contribution in [3.8, 4) is 0 Å². The summed E-state index contributed by atoms with van der Waals surface area (Å²) in [6.45, 7) is 0. The summed E-state index contributed by atoms with van der Waals surface area (Å²) < 4.78 is 0. The Morgan fingerprint density at radius 2 is 1.92 bits per heavy atom. The van der Waals surface area contributed by atoms with Gasteiger partial charge in [-0.25, -0.2) is 0 Å². The first-order valence-electron chi connectivity index (χ1n) is 3.99. The van der Waals surface area contributed by atoms with Gasteiger partial charge in [0, 0.05) is 12.4 Å². The molecule has 0 radical (unpaired) electrons. The second-order valence-electron chi connectivity index (χ2n) is 2.94. The predicted octanol–water partition coefficient (Wildman–Crippen LogP) is 0.861. The van der Waals surface area contributed by atoms with E-state index in [2.05, 4.69) is 15.2 Å². The van der Waals surface area contributed by atoms with Crippen molar-refractivity contribution < 1.29 is 0 Å². The number of nitrogens with zero attached hydrogens (tertiary/aromatic N) is 2. The van der Waals surface area contributed by atoms with Crippen LogP contribution in [0.1, 0.15) is 11.7 Å². The van der Waals surface area contributed by atoms with Gasteiger partial charge in [0.1, 0.15) is 0 Å². The molecular weight excluding hydrogens is 150 g/mol. The lowest BCUT2D eigenvalue weighted by atomic mass is 10.2. The molecular formula is C9H15N3. The van der Waals surface area contributed by atoms with Gasteiger partial charge in [-0.15, -0.1) is 0 Å². The van der Waals surface area contributed by atoms with E-state index in [4.69, 9.17) is 0 Å². The van der Waals surface area contributed by atoms with Crippen LogP contribution in [0.4, 0.5) is 0 Å². The van der Waals surface area contributed by atoms with Crippen molar-refractivity contribution in [2.75, 3.05) is 21.1 Å². The van der Waals surface area contributed by atoms with E-state index in [0.29, 0.717) is 0 Å². The molecule has 0 saturated heterocycles. The Kier molecular flexibility index (Phi) is 3.19. The average molecular weight is 165 g/mol. The van der Waals surface area contributed by atoms with Gasteiger partial charge in [-0.05, 0) is 38.8 Å². The Morgan fingerprint density at radius 1 is 1.33 bits per heavy atom. The fourth-order valence-corrected chi connectivity index (χ4v) is 1.27. The van der Waals surface area contributed by atoms with Gasteiger partial charge < -0.3 is 5.32 Å². The molecule has 3 heteroatoms. The van der Waals surface area contributed by atoms with Gasteiger partial charge in [0.15, 0.2) is 0 Å². The zero-order chi connectivity index (χ0) is 8.97. The normalized spacial score (nSPS) is 13.3. The maximum atomic E-state index is 3.98. The Balaban J connectivity index is 2.80. The van der Waals surface area contributed by atoms with Crippen LogP contribution in [0.5, 0.6) is 0 Å². The highest BCUT2D eigenvalue weighted by molar-refractivity contribution is 5.13. The molecule has 0 saturated carbocycles. The SMILES string of the molecule is CNC(c1ccncc1)N(C)C. The third kappa shape index (κ3) is 2.03. The summed E-state index contributed by atoms with van der Waals surface area (Å²) in [5, 5.41) is 3.22. The molecule has 0 fully saturated rings. The Morgan fingerprint density at radius 3 is 2.33 bits per heavy atom. The Hall–Kier alpha value is -0.930. The highest BCUT2D eigenvalue weighted by atomic mass is 15.2. The minimum absolute atomic E-state index is 0.271. The van der Waals surface area contributed by atoms with Crippen molar-refractivity contribution in [2.24, 2.45) is 0 Å². The lowest BCUT2D eigenvalue weighted by Gasteiger charge is -2.23. The van der Waals surface area contributed by atoms with Crippen LogP contribution in [0.3, 0.4) is 0 Å². The molecule has 66 valence electrons. The molecule has 0 aliphatic rings. The zero-order valence-corrected chi connectivity index (χ0v) is 7.78. The quantitative estimate of drug-likeness (QED) is 0.673. The Bertz CT molecular complexity index is 220. The average Bonchev–Trinajstić information content (AvgIpc) is 2.07. The van der Waals surface area contributed by atoms with E-state index in [-0.39, 0.29) is 6.17 Å². The van der Waals surface area contributed by atoms with Gasteiger partial charge in [-0.2, -0.15) is 0 Å². The molecule has 3 nitrogen and oxygen atoms in total. The smallest absolute Gasteiger partial charge is 0.0854 e. The Labute approximate surface area is 73.4 Å². The van der Waals surface area contributed by atoms with Crippen molar-refractivity contribution in [2.45, 2.75) is 6.17 Å². The topological polar surface area (TPSA) is 28.2 Å². The number of nitrogens with one attached hydrogen (secondary N) is 1. The summed E-state index contributed by atoms with van der Waals surface area (Å²) >= 11 is 0. The van der Waals surface area contributed by atoms with Crippen molar-refractivity contribution in [3.63, 3.8) is 0 Å². The maximum absolute atomic E-state index is 3.98. The molecule has 0 aliphatic heterocycles. The number of pyridine rings is 1. The molecule has 0 aromatic carbocycles. The van der Waals surface area contributed by atoms with Gasteiger partial charge in [-0.3, -0.25) is 9.88 Å². The molecule has 0 bridgehead atoms. The van der Waals surface area contributed by atoms with Crippen LogP contribution in [0.15, 0.2) is 24.5 Å². The summed E-state index contributed by atoms with van der Waals surface area (Å²) in [5.41, 5.74) is 1.23. The van der Waals surface area contributed by atoms with Gasteiger partial charge >= 0.3 is 0 Å². The first-order chi connectivity index (χ1) is 5.75. The lowest BCUT2D eigenvalue weighted by Crippen LogP contribution is -2.30. The second-order valence-corrected chi connectivity index (χ2v) is 2.94. The fourth-order valence-electron chi connectivity index (χ4n) is 1.27. The van der Waals surface area contributed by atoms with Crippen molar-refractivity contribution in [3.05, 3.63) is 30.1 Å². The van der Waals surface area contributed by atoms with Gasteiger partial charge in [-0.1, -0.05) is 0 Å². The molecule has 1 unspecified atom stereocenters. The number of hydrogen-bond acceptors (Lipinski definition) is 3. The molecule has 1 N–H and O–H groups in total. The van der Waals surface area contributed by atoms with E-state index < -0.39 is 0 Å². The van der Waals surface area contributed by atoms with Crippen LogP contribution in [-0.2, 0) is 0 Å². The minimum Gasteiger partial charge on any atom is -0.301 e. The van der Waals surface area contributed by atoms with E-state index in [1.807, 2.05) is 45.7 Å². The highest BCUT2D eigenvalue weighted by Crippen LogP contribution is 2.12. The fraction of sp³-hybridized carbons (Fsp3) is 0.444. The summed E-state index contributed by atoms with van der Waals surface area (Å²) in [5.74, 6) is 0. The van der Waals surface area contributed by atoms with E-state index >= 15 is 0 Å². The van der Waals surface area contributed by atoms with Crippen LogP contribution in [0, 0.1) is 0 Å². The van der Waals surface area contributed by atoms with E-state index in [9.17, 15) is 0 Å². The number of aromatic nitrogens is 1. The second kappa shape index (κ2) is 4.18. The molecule has 1 rings (SSSR count). The summed E-state index contributed by atoms with van der Waals surface area (Å²) in [4.78, 5) is 6.10. The van der Waals surface area contributed by atoms with Crippen molar-refractivity contribution in [1.82, 2.24) is 15.2 Å². The summed E-state index contributed by atoms with van der Waals surface area (Å²) in [6, 6.07) is 4.03. The zero-order valence-electron chi connectivity index (χ0n) is 7.78. The molecule has 12 heavy (non-hydrogen) atoms. The van der Waals surface area contributed by atoms with Crippen molar-refractivity contribution >= 4 is 0 Å². The first kappa shape index (κ1) is 9.16. The highest BCUT2D eigenvalue weighted by Gasteiger charge is 2.09. The molecule has 0 spiro atoms. The van der Waals surface area contributed by atoms with Gasteiger partial charge in [0.25, 0.3) is 0 Å². The molecule has 1 aromatic rings.